The van der Waals surface area contributed by atoms with Gasteiger partial charge in [0.2, 0.25) is 5.91 Å². The maximum atomic E-state index is 13.0. The van der Waals surface area contributed by atoms with Crippen LogP contribution >= 0.6 is 0 Å². The molecule has 0 aromatic heterocycles. The highest BCUT2D eigenvalue weighted by molar-refractivity contribution is 5.81. The number of amides is 2. The maximum Gasteiger partial charge on any atom is 0.407 e. The molecule has 1 saturated heterocycles. The van der Waals surface area contributed by atoms with Crippen LogP contribution in [0.3, 0.4) is 0 Å². The zero-order valence-electron chi connectivity index (χ0n) is 19.8. The number of piperidine rings is 1. The van der Waals surface area contributed by atoms with Crippen LogP contribution in [0.1, 0.15) is 62.0 Å². The number of aliphatic carboxylic acids is 1. The van der Waals surface area contributed by atoms with Gasteiger partial charge in [0.05, 0.1) is 0 Å². The smallest absolute Gasteiger partial charge is 0.407 e. The number of ether oxygens (including phenoxy) is 1. The molecule has 35 heavy (non-hydrogen) atoms. The van der Waals surface area contributed by atoms with E-state index < -0.39 is 12.1 Å². The minimum atomic E-state index is -0.820. The normalized spacial score (nSPS) is 23.1. The summed E-state index contributed by atoms with van der Waals surface area (Å²) in [7, 11) is 0. The topological polar surface area (TPSA) is 95.9 Å². The van der Waals surface area contributed by atoms with E-state index in [1.165, 1.54) is 22.3 Å². The number of likely N-dealkylation sites (tertiary alicyclic amines) is 1. The molecule has 1 unspecified atom stereocenters. The molecule has 2 amide bonds. The third kappa shape index (κ3) is 4.90. The number of fused-ring (bicyclic) bond motifs is 3. The van der Waals surface area contributed by atoms with Gasteiger partial charge in [-0.05, 0) is 60.8 Å². The lowest BCUT2D eigenvalue weighted by molar-refractivity contribution is -0.144. The van der Waals surface area contributed by atoms with Crippen molar-refractivity contribution in [2.45, 2.75) is 62.9 Å². The molecule has 3 aliphatic rings. The zero-order valence-corrected chi connectivity index (χ0v) is 19.8. The number of hydrogen-bond donors (Lipinski definition) is 2. The first-order valence-electron chi connectivity index (χ1n) is 12.6. The van der Waals surface area contributed by atoms with E-state index in [9.17, 15) is 14.4 Å². The van der Waals surface area contributed by atoms with Crippen molar-refractivity contribution >= 4 is 18.0 Å². The Labute approximate surface area is 205 Å². The fourth-order valence-corrected chi connectivity index (χ4v) is 5.86. The van der Waals surface area contributed by atoms with Crippen LogP contribution in [0.25, 0.3) is 11.1 Å². The lowest BCUT2D eigenvalue weighted by Crippen LogP contribution is -2.53. The second-order valence-corrected chi connectivity index (χ2v) is 9.95. The Morgan fingerprint density at radius 2 is 1.63 bits per heavy atom. The molecule has 7 nitrogen and oxygen atoms in total. The molecule has 5 rings (SSSR count). The zero-order chi connectivity index (χ0) is 24.4. The quantitative estimate of drug-likeness (QED) is 0.611. The van der Waals surface area contributed by atoms with E-state index >= 15 is 0 Å². The average Bonchev–Trinajstić information content (AvgIpc) is 3.17. The van der Waals surface area contributed by atoms with E-state index in [4.69, 9.17) is 9.84 Å². The van der Waals surface area contributed by atoms with Crippen LogP contribution in [0.5, 0.6) is 0 Å². The average molecular weight is 477 g/mol. The molecule has 2 aliphatic carbocycles. The Morgan fingerprint density at radius 3 is 2.29 bits per heavy atom. The summed E-state index contributed by atoms with van der Waals surface area (Å²) in [6.45, 7) is 0.970. The summed E-state index contributed by atoms with van der Waals surface area (Å²) >= 11 is 0. The molecule has 0 radical (unpaired) electrons. The van der Waals surface area contributed by atoms with Gasteiger partial charge in [-0.2, -0.15) is 0 Å². The Morgan fingerprint density at radius 1 is 0.971 bits per heavy atom. The fourth-order valence-electron chi connectivity index (χ4n) is 5.86. The van der Waals surface area contributed by atoms with Crippen LogP contribution in [0, 0.1) is 5.92 Å². The molecular formula is C28H32N2O5. The van der Waals surface area contributed by atoms with E-state index in [0.717, 1.165) is 19.3 Å². The number of carbonyl (C=O) groups is 3. The van der Waals surface area contributed by atoms with E-state index in [1.54, 1.807) is 0 Å². The summed E-state index contributed by atoms with van der Waals surface area (Å²) in [4.78, 5) is 38.4. The molecule has 2 N–H and O–H groups in total. The first-order valence-corrected chi connectivity index (χ1v) is 12.6. The largest absolute Gasteiger partial charge is 0.481 e. The summed E-state index contributed by atoms with van der Waals surface area (Å²) < 4.78 is 5.63. The number of nitrogens with one attached hydrogen (secondary N) is 1. The number of carbonyl (C=O) groups excluding carboxylic acids is 2. The second-order valence-electron chi connectivity index (χ2n) is 9.95. The van der Waals surface area contributed by atoms with Gasteiger partial charge in [-0.3, -0.25) is 9.59 Å². The van der Waals surface area contributed by atoms with Gasteiger partial charge in [-0.25, -0.2) is 4.79 Å². The van der Waals surface area contributed by atoms with Gasteiger partial charge in [-0.15, -0.1) is 0 Å². The Hall–Kier alpha value is -3.35. The number of benzene rings is 2. The molecule has 2 fully saturated rings. The minimum Gasteiger partial charge on any atom is -0.481 e. The number of carboxylic acids is 1. The van der Waals surface area contributed by atoms with Crippen molar-refractivity contribution in [2.75, 3.05) is 13.2 Å². The molecule has 0 bridgehead atoms. The van der Waals surface area contributed by atoms with Gasteiger partial charge in [0, 0.05) is 36.9 Å². The first-order chi connectivity index (χ1) is 17.0. The summed E-state index contributed by atoms with van der Waals surface area (Å²) in [6.07, 6.45) is 4.22. The maximum absolute atomic E-state index is 13.0. The van der Waals surface area contributed by atoms with Crippen molar-refractivity contribution in [2.24, 2.45) is 5.92 Å². The molecule has 1 saturated carbocycles. The van der Waals surface area contributed by atoms with Gasteiger partial charge >= 0.3 is 12.1 Å². The van der Waals surface area contributed by atoms with Crippen LogP contribution < -0.4 is 5.32 Å². The molecule has 0 spiro atoms. The van der Waals surface area contributed by atoms with E-state index in [2.05, 4.69) is 29.6 Å². The molecular weight excluding hydrogens is 444 g/mol. The summed E-state index contributed by atoms with van der Waals surface area (Å²) in [5.41, 5.74) is 4.73. The van der Waals surface area contributed by atoms with Crippen LogP contribution in [-0.4, -0.2) is 53.2 Å². The lowest BCUT2D eigenvalue weighted by Gasteiger charge is -2.42. The number of rotatable bonds is 7. The van der Waals surface area contributed by atoms with Crippen molar-refractivity contribution in [1.82, 2.24) is 10.2 Å². The van der Waals surface area contributed by atoms with Crippen molar-refractivity contribution in [3.8, 4) is 11.1 Å². The van der Waals surface area contributed by atoms with Crippen LogP contribution in [-0.2, 0) is 14.3 Å². The van der Waals surface area contributed by atoms with Crippen LogP contribution in [0.2, 0.25) is 0 Å². The van der Waals surface area contributed by atoms with Gasteiger partial charge in [0.25, 0.3) is 0 Å². The highest BCUT2D eigenvalue weighted by Gasteiger charge is 2.40. The summed E-state index contributed by atoms with van der Waals surface area (Å²) in [6, 6.07) is 16.4. The number of hydrogen-bond acceptors (Lipinski definition) is 4. The highest BCUT2D eigenvalue weighted by Crippen LogP contribution is 2.44. The van der Waals surface area contributed by atoms with Crippen LogP contribution in [0.15, 0.2) is 48.5 Å². The third-order valence-electron chi connectivity index (χ3n) is 7.75. The molecule has 7 heteroatoms. The van der Waals surface area contributed by atoms with Crippen molar-refractivity contribution in [3.63, 3.8) is 0 Å². The van der Waals surface area contributed by atoms with Gasteiger partial charge in [0.1, 0.15) is 6.61 Å². The van der Waals surface area contributed by atoms with Gasteiger partial charge in [0.15, 0.2) is 0 Å². The SMILES string of the molecule is O=C(O)CCC1CCCCN1C(=O)C1CC(NC(=O)OCC2c3ccccc3-c3ccccc32)C1. The predicted molar refractivity (Wildman–Crippen MR) is 131 cm³/mol. The molecule has 184 valence electrons. The number of nitrogens with zero attached hydrogens (tertiary/aromatic N) is 1. The van der Waals surface area contributed by atoms with Crippen molar-refractivity contribution in [3.05, 3.63) is 59.7 Å². The van der Waals surface area contributed by atoms with E-state index in [0.29, 0.717) is 25.8 Å². The van der Waals surface area contributed by atoms with Crippen LogP contribution in [0.4, 0.5) is 4.79 Å². The summed E-state index contributed by atoms with van der Waals surface area (Å²) in [5.74, 6) is -0.810. The second kappa shape index (κ2) is 10.1. The van der Waals surface area contributed by atoms with Gasteiger partial charge < -0.3 is 20.1 Å². The number of carboxylic acid groups (broad SMARTS) is 1. The van der Waals surface area contributed by atoms with Crippen molar-refractivity contribution < 1.29 is 24.2 Å². The third-order valence-corrected chi connectivity index (χ3v) is 7.75. The Bertz CT molecular complexity index is 1060. The monoisotopic (exact) mass is 476 g/mol. The molecule has 2 aromatic rings. The van der Waals surface area contributed by atoms with E-state index in [-0.39, 0.29) is 42.9 Å². The highest BCUT2D eigenvalue weighted by atomic mass is 16.5. The molecule has 1 aliphatic heterocycles. The fraction of sp³-hybridized carbons (Fsp3) is 0.464. The minimum absolute atomic E-state index is 0.0153. The molecule has 2 aromatic carbocycles. The van der Waals surface area contributed by atoms with Gasteiger partial charge in [-0.1, -0.05) is 48.5 Å². The summed E-state index contributed by atoms with van der Waals surface area (Å²) in [5, 5.41) is 11.9. The Kier molecular flexibility index (Phi) is 6.75. The van der Waals surface area contributed by atoms with Crippen molar-refractivity contribution in [1.29, 1.82) is 0 Å². The standard InChI is InChI=1S/C28H32N2O5/c31-26(32)13-12-20-7-5-6-14-30(20)27(33)18-15-19(16-18)29-28(34)35-17-25-23-10-3-1-8-21(23)22-9-2-4-11-24(22)25/h1-4,8-11,18-20,25H,5-7,12-17H2,(H,29,34)(H,31,32). The van der Waals surface area contributed by atoms with E-state index in [1.807, 2.05) is 29.2 Å². The Balaban J connectivity index is 1.11. The predicted octanol–water partition coefficient (Wildman–Crippen LogP) is 4.55. The lowest BCUT2D eigenvalue weighted by atomic mass is 9.78. The molecule has 1 heterocycles. The molecule has 1 atom stereocenters. The number of alkyl carbamates (subject to hydrolysis) is 1. The first kappa shape index (κ1) is 23.4.